The first-order chi connectivity index (χ1) is 12.6. The van der Waals surface area contributed by atoms with Crippen molar-refractivity contribution < 1.29 is 4.79 Å². The number of hydrogen-bond acceptors (Lipinski definition) is 3. The van der Waals surface area contributed by atoms with Crippen LogP contribution in [0, 0.1) is 18.3 Å². The smallest absolute Gasteiger partial charge is 0.188 e. The van der Waals surface area contributed by atoms with Crippen LogP contribution in [0.5, 0.6) is 0 Å². The number of aromatic nitrogens is 1. The first-order valence-corrected chi connectivity index (χ1v) is 8.57. The van der Waals surface area contributed by atoms with Crippen LogP contribution in [-0.4, -0.2) is 28.8 Å². The molecule has 1 atom stereocenters. The van der Waals surface area contributed by atoms with Crippen LogP contribution in [0.2, 0.25) is 0 Å². The van der Waals surface area contributed by atoms with Gasteiger partial charge in [0.15, 0.2) is 5.78 Å². The second-order valence-corrected chi connectivity index (χ2v) is 6.23. The first-order valence-electron chi connectivity index (χ1n) is 8.57. The van der Waals surface area contributed by atoms with Gasteiger partial charge >= 0.3 is 0 Å². The third kappa shape index (κ3) is 5.02. The van der Waals surface area contributed by atoms with Crippen LogP contribution < -0.4 is 0 Å². The highest BCUT2D eigenvalue weighted by molar-refractivity contribution is 6.10. The van der Waals surface area contributed by atoms with Crippen LogP contribution in [0.4, 0.5) is 0 Å². The van der Waals surface area contributed by atoms with Crippen molar-refractivity contribution in [2.45, 2.75) is 13.0 Å². The molecule has 1 aliphatic rings. The summed E-state index contributed by atoms with van der Waals surface area (Å²) < 4.78 is 0. The number of terminal acetylenes is 1. The van der Waals surface area contributed by atoms with Gasteiger partial charge in [-0.3, -0.25) is 14.7 Å². The van der Waals surface area contributed by atoms with E-state index in [4.69, 9.17) is 6.42 Å². The summed E-state index contributed by atoms with van der Waals surface area (Å²) in [7, 11) is 0. The molecule has 0 N–H and O–H groups in total. The van der Waals surface area contributed by atoms with E-state index in [0.29, 0.717) is 16.7 Å². The molecule has 0 bridgehead atoms. The maximum absolute atomic E-state index is 12.7. The quantitative estimate of drug-likeness (QED) is 0.407. The Bertz CT molecular complexity index is 793. The lowest BCUT2D eigenvalue weighted by Crippen LogP contribution is -2.22. The zero-order chi connectivity index (χ0) is 18.9. The van der Waals surface area contributed by atoms with E-state index in [-0.39, 0.29) is 11.7 Å². The summed E-state index contributed by atoms with van der Waals surface area (Å²) in [5.74, 6) is 2.58. The van der Waals surface area contributed by atoms with Crippen LogP contribution in [-0.2, 0) is 11.3 Å². The van der Waals surface area contributed by atoms with E-state index in [0.717, 1.165) is 26.1 Å². The number of ketones is 1. The molecular weight excluding hydrogens is 320 g/mol. The van der Waals surface area contributed by atoms with Crippen LogP contribution in [0.1, 0.15) is 12.0 Å². The van der Waals surface area contributed by atoms with Gasteiger partial charge < -0.3 is 0 Å². The fourth-order valence-electron chi connectivity index (χ4n) is 2.97. The van der Waals surface area contributed by atoms with Gasteiger partial charge in [0.2, 0.25) is 0 Å². The van der Waals surface area contributed by atoms with Crippen LogP contribution in [0.25, 0.3) is 0 Å². The summed E-state index contributed by atoms with van der Waals surface area (Å²) in [6, 6.07) is 4.03. The summed E-state index contributed by atoms with van der Waals surface area (Å²) in [5, 5.41) is 0. The van der Waals surface area contributed by atoms with Gasteiger partial charge in [0.05, 0.1) is 0 Å². The number of allylic oxidation sites excluding steroid dienone is 6. The van der Waals surface area contributed by atoms with E-state index in [1.165, 1.54) is 5.56 Å². The average molecular weight is 344 g/mol. The molecule has 0 spiro atoms. The molecule has 132 valence electrons. The molecule has 0 aliphatic carbocycles. The first kappa shape index (κ1) is 19.4. The third-order valence-corrected chi connectivity index (χ3v) is 4.52. The molecule has 3 heteroatoms. The summed E-state index contributed by atoms with van der Waals surface area (Å²) in [4.78, 5) is 19.1. The Labute approximate surface area is 156 Å². The van der Waals surface area contributed by atoms with Crippen molar-refractivity contribution in [1.29, 1.82) is 0 Å². The fourth-order valence-corrected chi connectivity index (χ4v) is 2.97. The number of nitrogens with zero attached hydrogens (tertiary/aromatic N) is 2. The summed E-state index contributed by atoms with van der Waals surface area (Å²) in [6.45, 7) is 14.1. The number of likely N-dealkylation sites (tertiary alicyclic amines) is 1. The number of carbonyl (C=O) groups excluding carboxylic acids is 1. The molecule has 2 rings (SSSR count). The molecule has 1 aliphatic heterocycles. The fraction of sp³-hybridized carbons (Fsp3) is 0.217. The van der Waals surface area contributed by atoms with Crippen molar-refractivity contribution in [3.8, 4) is 12.3 Å². The highest BCUT2D eigenvalue weighted by atomic mass is 16.1. The molecule has 1 aromatic rings. The molecule has 3 nitrogen and oxygen atoms in total. The molecule has 0 radical (unpaired) electrons. The van der Waals surface area contributed by atoms with Crippen molar-refractivity contribution >= 4 is 5.78 Å². The van der Waals surface area contributed by atoms with Crippen LogP contribution in [0.15, 0.2) is 85.3 Å². The number of Topliss-reactive ketones (excluding diaryl/α,β-unsaturated/α-hetero) is 1. The Morgan fingerprint density at radius 2 is 2.04 bits per heavy atom. The van der Waals surface area contributed by atoms with Gasteiger partial charge in [-0.1, -0.05) is 37.8 Å². The lowest BCUT2D eigenvalue weighted by molar-refractivity contribution is -0.112. The van der Waals surface area contributed by atoms with Crippen LogP contribution in [0.3, 0.4) is 0 Å². The van der Waals surface area contributed by atoms with Gasteiger partial charge in [-0.15, -0.1) is 6.42 Å². The van der Waals surface area contributed by atoms with Crippen molar-refractivity contribution in [3.63, 3.8) is 0 Å². The van der Waals surface area contributed by atoms with Crippen LogP contribution >= 0.6 is 0 Å². The van der Waals surface area contributed by atoms with Gasteiger partial charge in [-0.25, -0.2) is 0 Å². The molecule has 1 saturated heterocycles. The maximum atomic E-state index is 12.7. The minimum atomic E-state index is -0.0764. The Hall–Kier alpha value is -2.96. The van der Waals surface area contributed by atoms with Crippen molar-refractivity contribution in [2.75, 3.05) is 13.1 Å². The molecule has 0 saturated carbocycles. The molecule has 0 amide bonds. The molecule has 2 heterocycles. The zero-order valence-corrected chi connectivity index (χ0v) is 15.0. The SMILES string of the molecule is C#C/C(C=C)=C/C=C(\C=C)C(=O)C(=C)[C@@H]1CCN(Cc2ccncc2)C1. The molecule has 0 aromatic carbocycles. The maximum Gasteiger partial charge on any atom is 0.188 e. The predicted octanol–water partition coefficient (Wildman–Crippen LogP) is 3.89. The molecule has 26 heavy (non-hydrogen) atoms. The second-order valence-electron chi connectivity index (χ2n) is 6.23. The molecular formula is C23H24N2O. The van der Waals surface area contributed by atoms with Crippen molar-refractivity contribution in [2.24, 2.45) is 5.92 Å². The number of rotatable bonds is 8. The van der Waals surface area contributed by atoms with Gasteiger partial charge in [0, 0.05) is 42.5 Å². The van der Waals surface area contributed by atoms with E-state index < -0.39 is 0 Å². The number of pyridine rings is 1. The van der Waals surface area contributed by atoms with Gasteiger partial charge in [0.1, 0.15) is 0 Å². The second kappa shape index (κ2) is 9.50. The topological polar surface area (TPSA) is 33.2 Å². The van der Waals surface area contributed by atoms with E-state index in [9.17, 15) is 4.79 Å². The molecule has 1 aromatic heterocycles. The van der Waals surface area contributed by atoms with E-state index >= 15 is 0 Å². The Balaban J connectivity index is 2.02. The predicted molar refractivity (Wildman–Crippen MR) is 107 cm³/mol. The van der Waals surface area contributed by atoms with Gasteiger partial charge in [0.25, 0.3) is 0 Å². The monoisotopic (exact) mass is 344 g/mol. The highest BCUT2D eigenvalue weighted by Crippen LogP contribution is 2.26. The van der Waals surface area contributed by atoms with E-state index in [1.807, 2.05) is 12.1 Å². The number of hydrogen-bond donors (Lipinski definition) is 0. The largest absolute Gasteiger partial charge is 0.298 e. The average Bonchev–Trinajstić information content (AvgIpc) is 3.13. The Morgan fingerprint density at radius 1 is 1.31 bits per heavy atom. The lowest BCUT2D eigenvalue weighted by atomic mass is 9.92. The molecule has 1 fully saturated rings. The third-order valence-electron chi connectivity index (χ3n) is 4.52. The minimum absolute atomic E-state index is 0.0764. The van der Waals surface area contributed by atoms with Gasteiger partial charge in [-0.05, 0) is 48.4 Å². The van der Waals surface area contributed by atoms with Crippen molar-refractivity contribution in [1.82, 2.24) is 9.88 Å². The van der Waals surface area contributed by atoms with E-state index in [2.05, 4.69) is 35.5 Å². The standard InChI is InChI=1S/C23H24N2O/c1-5-19(6-2)8-9-21(7-3)23(26)18(4)22-12-15-25(17-22)16-20-10-13-24-14-11-20/h1,6-11,13-14,22H,2-4,12,15-17H2/b19-8-,21-9+/t22-/m1/s1. The zero-order valence-electron chi connectivity index (χ0n) is 15.0. The van der Waals surface area contributed by atoms with Crippen molar-refractivity contribution in [3.05, 3.63) is 90.9 Å². The normalized spacial score (nSPS) is 18.2. The highest BCUT2D eigenvalue weighted by Gasteiger charge is 2.28. The number of carbonyl (C=O) groups is 1. The Morgan fingerprint density at radius 3 is 2.65 bits per heavy atom. The van der Waals surface area contributed by atoms with Gasteiger partial charge in [-0.2, -0.15) is 0 Å². The summed E-state index contributed by atoms with van der Waals surface area (Å²) in [5.41, 5.74) is 2.97. The van der Waals surface area contributed by atoms with E-state index in [1.54, 1.807) is 36.7 Å². The Kier molecular flexibility index (Phi) is 7.08. The lowest BCUT2D eigenvalue weighted by Gasteiger charge is -2.17. The minimum Gasteiger partial charge on any atom is -0.298 e. The summed E-state index contributed by atoms with van der Waals surface area (Å²) in [6.07, 6.45) is 16.4. The summed E-state index contributed by atoms with van der Waals surface area (Å²) >= 11 is 0. The molecule has 0 unspecified atom stereocenters.